The summed E-state index contributed by atoms with van der Waals surface area (Å²) in [6, 6.07) is 11.6. The van der Waals surface area contributed by atoms with E-state index in [1.54, 1.807) is 42.5 Å². The smallest absolute Gasteiger partial charge is 0.359 e. The molecule has 3 rings (SSSR count). The number of benzene rings is 2. The fourth-order valence-corrected chi connectivity index (χ4v) is 3.14. The summed E-state index contributed by atoms with van der Waals surface area (Å²) in [5.41, 5.74) is 0.106. The molecule has 9 heteroatoms. The summed E-state index contributed by atoms with van der Waals surface area (Å²) in [6.07, 6.45) is 0. The lowest BCUT2D eigenvalue weighted by Gasteiger charge is -2.13. The van der Waals surface area contributed by atoms with Gasteiger partial charge in [0.2, 0.25) is 0 Å². The molecule has 0 saturated heterocycles. The number of amides is 1. The van der Waals surface area contributed by atoms with E-state index in [1.807, 2.05) is 13.8 Å². The number of aromatic nitrogens is 2. The number of carbonyl (C=O) groups is 2. The number of rotatable bonds is 8. The molecule has 168 valence electrons. The zero-order valence-corrected chi connectivity index (χ0v) is 18.4. The summed E-state index contributed by atoms with van der Waals surface area (Å²) in [4.78, 5) is 37.8. The minimum absolute atomic E-state index is 0.0179. The van der Waals surface area contributed by atoms with Gasteiger partial charge in [0.25, 0.3) is 11.5 Å². The van der Waals surface area contributed by atoms with Gasteiger partial charge in [-0.1, -0.05) is 32.0 Å². The summed E-state index contributed by atoms with van der Waals surface area (Å²) in [5.74, 6) is -0.231. The van der Waals surface area contributed by atoms with Gasteiger partial charge in [0.15, 0.2) is 12.3 Å². The molecule has 1 aromatic heterocycles. The monoisotopic (exact) mass is 439 g/mol. The van der Waals surface area contributed by atoms with Crippen LogP contribution in [0.1, 0.15) is 24.3 Å². The third kappa shape index (κ3) is 5.05. The Bertz CT molecular complexity index is 1200. The lowest BCUT2D eigenvalue weighted by atomic mass is 10.1. The quantitative estimate of drug-likeness (QED) is 0.538. The van der Waals surface area contributed by atoms with E-state index in [0.717, 1.165) is 0 Å². The first-order valence-corrected chi connectivity index (χ1v) is 10.0. The molecule has 0 atom stereocenters. The Kier molecular flexibility index (Phi) is 7.09. The number of hydrogen-bond acceptors (Lipinski definition) is 7. The molecule has 0 aliphatic heterocycles. The van der Waals surface area contributed by atoms with Gasteiger partial charge in [-0.2, -0.15) is 5.10 Å². The highest BCUT2D eigenvalue weighted by atomic mass is 16.5. The highest BCUT2D eigenvalue weighted by molar-refractivity contribution is 6.03. The van der Waals surface area contributed by atoms with Crippen LogP contribution in [0, 0.1) is 5.92 Å². The summed E-state index contributed by atoms with van der Waals surface area (Å²) in [6.45, 7) is 3.70. The zero-order chi connectivity index (χ0) is 23.3. The predicted molar refractivity (Wildman–Crippen MR) is 119 cm³/mol. The molecular weight excluding hydrogens is 414 g/mol. The fraction of sp³-hybridized carbons (Fsp3) is 0.304. The molecule has 1 N–H and O–H groups in total. The molecule has 9 nitrogen and oxygen atoms in total. The van der Waals surface area contributed by atoms with Crippen molar-refractivity contribution in [2.24, 2.45) is 5.92 Å². The molecule has 0 aliphatic rings. The first-order valence-electron chi connectivity index (χ1n) is 10.0. The average molecular weight is 439 g/mol. The van der Waals surface area contributed by atoms with E-state index in [2.05, 4.69) is 10.4 Å². The highest BCUT2D eigenvalue weighted by Crippen LogP contribution is 2.28. The molecule has 0 fully saturated rings. The standard InChI is InChI=1S/C23H25N3O6/c1-14(2)12-26-22(28)17-8-6-5-7-16(17)21(25-26)23(29)32-13-20(27)24-18-10-9-15(30-3)11-19(18)31-4/h5-11,14H,12-13H2,1-4H3,(H,24,27). The highest BCUT2D eigenvalue weighted by Gasteiger charge is 2.20. The molecule has 0 unspecified atom stereocenters. The van der Waals surface area contributed by atoms with E-state index in [0.29, 0.717) is 34.5 Å². The zero-order valence-electron chi connectivity index (χ0n) is 18.4. The fourth-order valence-electron chi connectivity index (χ4n) is 3.14. The second-order valence-corrected chi connectivity index (χ2v) is 7.47. The van der Waals surface area contributed by atoms with Crippen molar-refractivity contribution in [3.8, 4) is 11.5 Å². The largest absolute Gasteiger partial charge is 0.497 e. The van der Waals surface area contributed by atoms with Crippen molar-refractivity contribution >= 4 is 28.3 Å². The first kappa shape index (κ1) is 22.8. The molecule has 0 radical (unpaired) electrons. The van der Waals surface area contributed by atoms with E-state index in [9.17, 15) is 14.4 Å². The van der Waals surface area contributed by atoms with Crippen LogP contribution in [0.5, 0.6) is 11.5 Å². The maximum atomic E-state index is 12.8. The van der Waals surface area contributed by atoms with Gasteiger partial charge in [-0.15, -0.1) is 0 Å². The first-order chi connectivity index (χ1) is 15.3. The Labute approximate surface area is 184 Å². The number of nitrogens with one attached hydrogen (secondary N) is 1. The van der Waals surface area contributed by atoms with Gasteiger partial charge >= 0.3 is 5.97 Å². The van der Waals surface area contributed by atoms with Gasteiger partial charge in [-0.05, 0) is 24.1 Å². The van der Waals surface area contributed by atoms with Crippen LogP contribution in [0.15, 0.2) is 47.3 Å². The van der Waals surface area contributed by atoms with Gasteiger partial charge in [-0.25, -0.2) is 9.48 Å². The van der Waals surface area contributed by atoms with E-state index in [1.165, 1.54) is 18.9 Å². The SMILES string of the molecule is COc1ccc(NC(=O)COC(=O)c2nn(CC(C)C)c(=O)c3ccccc23)c(OC)c1. The van der Waals surface area contributed by atoms with Gasteiger partial charge < -0.3 is 19.5 Å². The van der Waals surface area contributed by atoms with Crippen molar-refractivity contribution < 1.29 is 23.8 Å². The van der Waals surface area contributed by atoms with Crippen molar-refractivity contribution in [3.05, 3.63) is 58.5 Å². The third-order valence-corrected chi connectivity index (χ3v) is 4.62. The van der Waals surface area contributed by atoms with E-state index < -0.39 is 18.5 Å². The Morgan fingerprint density at radius 3 is 2.44 bits per heavy atom. The van der Waals surface area contributed by atoms with Crippen LogP contribution in [0.2, 0.25) is 0 Å². The number of esters is 1. The molecule has 1 heterocycles. The summed E-state index contributed by atoms with van der Waals surface area (Å²) < 4.78 is 16.8. The third-order valence-electron chi connectivity index (χ3n) is 4.62. The Balaban J connectivity index is 1.78. The second-order valence-electron chi connectivity index (χ2n) is 7.47. The molecule has 0 aliphatic carbocycles. The Morgan fingerprint density at radius 2 is 1.78 bits per heavy atom. The maximum absolute atomic E-state index is 12.8. The summed E-state index contributed by atoms with van der Waals surface area (Å²) in [7, 11) is 2.99. The van der Waals surface area contributed by atoms with Gasteiger partial charge in [0.05, 0.1) is 25.3 Å². The van der Waals surface area contributed by atoms with Crippen molar-refractivity contribution in [2.45, 2.75) is 20.4 Å². The Hall–Kier alpha value is -3.88. The number of nitrogens with zero attached hydrogens (tertiary/aromatic N) is 2. The van der Waals surface area contributed by atoms with Crippen molar-refractivity contribution in [3.63, 3.8) is 0 Å². The van der Waals surface area contributed by atoms with E-state index in [-0.39, 0.29) is 17.2 Å². The number of carbonyl (C=O) groups excluding carboxylic acids is 2. The van der Waals surface area contributed by atoms with Crippen LogP contribution >= 0.6 is 0 Å². The van der Waals surface area contributed by atoms with Crippen LogP contribution in [0.3, 0.4) is 0 Å². The molecule has 2 aromatic carbocycles. The lowest BCUT2D eigenvalue weighted by molar-refractivity contribution is -0.119. The molecular formula is C23H25N3O6. The predicted octanol–water partition coefficient (Wildman–Crippen LogP) is 2.87. The van der Waals surface area contributed by atoms with E-state index >= 15 is 0 Å². The number of ether oxygens (including phenoxy) is 3. The molecule has 0 spiro atoms. The number of hydrogen-bond donors (Lipinski definition) is 1. The number of methoxy groups -OCH3 is 2. The molecule has 1 amide bonds. The minimum atomic E-state index is -0.796. The molecule has 3 aromatic rings. The average Bonchev–Trinajstić information content (AvgIpc) is 2.79. The van der Waals surface area contributed by atoms with Crippen LogP contribution in [-0.4, -0.2) is 42.5 Å². The minimum Gasteiger partial charge on any atom is -0.497 e. The van der Waals surface area contributed by atoms with Gasteiger partial charge in [0, 0.05) is 18.0 Å². The molecule has 32 heavy (non-hydrogen) atoms. The van der Waals surface area contributed by atoms with Gasteiger partial charge in [-0.3, -0.25) is 9.59 Å². The van der Waals surface area contributed by atoms with Crippen LogP contribution in [0.25, 0.3) is 10.8 Å². The van der Waals surface area contributed by atoms with Crippen molar-refractivity contribution in [1.82, 2.24) is 9.78 Å². The second kappa shape index (κ2) is 9.95. The van der Waals surface area contributed by atoms with Crippen LogP contribution < -0.4 is 20.3 Å². The van der Waals surface area contributed by atoms with Crippen LogP contribution in [-0.2, 0) is 16.1 Å². The van der Waals surface area contributed by atoms with E-state index in [4.69, 9.17) is 14.2 Å². The molecule has 0 saturated carbocycles. The topological polar surface area (TPSA) is 109 Å². The Morgan fingerprint density at radius 1 is 1.06 bits per heavy atom. The van der Waals surface area contributed by atoms with Crippen molar-refractivity contribution in [2.75, 3.05) is 26.1 Å². The summed E-state index contributed by atoms with van der Waals surface area (Å²) in [5, 5.41) is 7.58. The lowest BCUT2D eigenvalue weighted by Crippen LogP contribution is -2.29. The number of anilines is 1. The molecule has 0 bridgehead atoms. The number of fused-ring (bicyclic) bond motifs is 1. The summed E-state index contributed by atoms with van der Waals surface area (Å²) >= 11 is 0. The van der Waals surface area contributed by atoms with Crippen LogP contribution in [0.4, 0.5) is 5.69 Å². The maximum Gasteiger partial charge on any atom is 0.359 e. The normalized spacial score (nSPS) is 10.8. The van der Waals surface area contributed by atoms with Crippen molar-refractivity contribution in [1.29, 1.82) is 0 Å². The van der Waals surface area contributed by atoms with Gasteiger partial charge in [0.1, 0.15) is 11.5 Å².